The minimum atomic E-state index is 0.760. The van der Waals surface area contributed by atoms with Gasteiger partial charge in [0.2, 0.25) is 0 Å². The van der Waals surface area contributed by atoms with E-state index in [4.69, 9.17) is 0 Å². The molecule has 0 aliphatic heterocycles. The molecule has 0 radical (unpaired) electrons. The predicted molar refractivity (Wildman–Crippen MR) is 429 cm³/mol. The van der Waals surface area contributed by atoms with Crippen molar-refractivity contribution in [1.82, 2.24) is 0 Å². The van der Waals surface area contributed by atoms with Gasteiger partial charge in [-0.2, -0.15) is 0 Å². The molecule has 0 bridgehead atoms. The third-order valence-electron chi connectivity index (χ3n) is 20.2. The zero-order valence-electron chi connectivity index (χ0n) is 65.8. The van der Waals surface area contributed by atoms with Gasteiger partial charge in [-0.25, -0.2) is 0 Å². The molecule has 4 atom stereocenters. The van der Waals surface area contributed by atoms with Crippen LogP contribution in [0.2, 0.25) is 0 Å². The van der Waals surface area contributed by atoms with Crippen LogP contribution in [-0.4, -0.2) is 0 Å². The van der Waals surface area contributed by atoms with Gasteiger partial charge in [0.15, 0.2) is 0 Å². The quantitative estimate of drug-likeness (QED) is 0.135. The van der Waals surface area contributed by atoms with Crippen molar-refractivity contribution < 1.29 is 0 Å². The third kappa shape index (κ3) is 29.2. The zero-order valence-corrected chi connectivity index (χ0v) is 65.8. The first kappa shape index (κ1) is 87.3. The summed E-state index contributed by atoms with van der Waals surface area (Å²) in [4.78, 5) is 0. The Balaban J connectivity index is 0.000000532. The van der Waals surface area contributed by atoms with Crippen molar-refractivity contribution in [1.29, 1.82) is 0 Å². The Morgan fingerprint density at radius 1 is 0.266 bits per heavy atom. The summed E-state index contributed by atoms with van der Waals surface area (Å²) in [6, 6.07) is 49.3. The highest BCUT2D eigenvalue weighted by Crippen LogP contribution is 2.44. The molecule has 94 heavy (non-hydrogen) atoms. The van der Waals surface area contributed by atoms with Gasteiger partial charge >= 0.3 is 0 Å². The summed E-state index contributed by atoms with van der Waals surface area (Å²) in [6.45, 7) is 41.9. The molecule has 0 spiro atoms. The van der Waals surface area contributed by atoms with Crippen molar-refractivity contribution in [2.75, 3.05) is 0 Å². The molecule has 0 heteroatoms. The second-order valence-electron chi connectivity index (χ2n) is 25.7. The Morgan fingerprint density at radius 2 is 0.521 bits per heavy atom. The van der Waals surface area contributed by atoms with E-state index in [2.05, 4.69) is 189 Å². The third-order valence-corrected chi connectivity index (χ3v) is 20.2. The van der Waals surface area contributed by atoms with Crippen LogP contribution in [0.4, 0.5) is 0 Å². The van der Waals surface area contributed by atoms with Gasteiger partial charge in [-0.05, 0) is 280 Å². The van der Waals surface area contributed by atoms with E-state index in [1.807, 2.05) is 83.1 Å². The molecule has 0 N–H and O–H groups in total. The molecule has 0 saturated heterocycles. The summed E-state index contributed by atoms with van der Waals surface area (Å²) in [5.41, 5.74) is 23.1. The highest BCUT2D eigenvalue weighted by molar-refractivity contribution is 5.45. The fourth-order valence-corrected chi connectivity index (χ4v) is 15.7. The predicted octanol–water partition coefficient (Wildman–Crippen LogP) is 30.7. The van der Waals surface area contributed by atoms with Crippen LogP contribution in [0.3, 0.4) is 0 Å². The number of rotatable bonds is 9. The fraction of sp³-hybridized carbons (Fsp3) is 0.617. The van der Waals surface area contributed by atoms with Crippen molar-refractivity contribution in [3.05, 3.63) is 211 Å². The first-order chi connectivity index (χ1) is 46.4. The summed E-state index contributed by atoms with van der Waals surface area (Å²) < 4.78 is 0. The lowest BCUT2D eigenvalue weighted by atomic mass is 9.74. The molecule has 0 amide bonds. The van der Waals surface area contributed by atoms with E-state index in [1.165, 1.54) is 211 Å². The molecular formula is C94H152. The summed E-state index contributed by atoms with van der Waals surface area (Å²) in [7, 11) is 0. The van der Waals surface area contributed by atoms with Crippen LogP contribution in [0.5, 0.6) is 0 Å². The van der Waals surface area contributed by atoms with Gasteiger partial charge in [-0.15, -0.1) is 0 Å². The first-order valence-corrected chi connectivity index (χ1v) is 40.9. The molecular weight excluding hydrogens is 1130 g/mol. The summed E-state index contributed by atoms with van der Waals surface area (Å²) >= 11 is 0. The fourth-order valence-electron chi connectivity index (χ4n) is 15.7. The average Bonchev–Trinajstić information content (AvgIpc) is 1.46. The maximum atomic E-state index is 2.34. The van der Waals surface area contributed by atoms with Gasteiger partial charge in [0.25, 0.3) is 0 Å². The highest BCUT2D eigenvalue weighted by Gasteiger charge is 2.29. The maximum absolute atomic E-state index is 2.34. The zero-order chi connectivity index (χ0) is 69.7. The Labute approximate surface area is 587 Å². The van der Waals surface area contributed by atoms with E-state index in [1.54, 1.807) is 72.3 Å². The van der Waals surface area contributed by atoms with Gasteiger partial charge < -0.3 is 0 Å². The summed E-state index contributed by atoms with van der Waals surface area (Å²) in [5, 5.41) is 0. The van der Waals surface area contributed by atoms with E-state index in [0.717, 1.165) is 35.5 Å². The highest BCUT2D eigenvalue weighted by atomic mass is 14.3. The van der Waals surface area contributed by atoms with Crippen LogP contribution >= 0.6 is 0 Å². The van der Waals surface area contributed by atoms with Crippen LogP contribution < -0.4 is 0 Å². The van der Waals surface area contributed by atoms with Crippen molar-refractivity contribution in [2.24, 2.45) is 0 Å². The normalized spacial score (nSPS) is 17.5. The molecule has 0 fully saturated rings. The maximum Gasteiger partial charge on any atom is -0.0153 e. The minimum absolute atomic E-state index is 0.760. The van der Waals surface area contributed by atoms with Crippen molar-refractivity contribution in [3.8, 4) is 0 Å². The molecule has 0 saturated carbocycles. The molecule has 0 aromatic heterocycles. The van der Waals surface area contributed by atoms with Gasteiger partial charge in [0.05, 0.1) is 0 Å². The molecule has 8 aliphatic rings. The number of aryl methyl sites for hydroxylation is 8. The van der Waals surface area contributed by atoms with Gasteiger partial charge in [-0.1, -0.05) is 310 Å². The van der Waals surface area contributed by atoms with Crippen molar-refractivity contribution in [3.63, 3.8) is 0 Å². The Bertz CT molecular complexity index is 2530. The Hall–Kier alpha value is -4.68. The van der Waals surface area contributed by atoms with Crippen LogP contribution in [0, 0.1) is 0 Å². The number of fused-ring (bicyclic) bond motifs is 2. The molecule has 0 heterocycles. The average molecular weight is 1280 g/mol. The Morgan fingerprint density at radius 3 is 0.809 bits per heavy atom. The lowest BCUT2D eigenvalue weighted by Gasteiger charge is -2.31. The van der Waals surface area contributed by atoms with Crippen LogP contribution in [0.15, 0.2) is 133 Å². The number of hydrogen-bond acceptors (Lipinski definition) is 0. The second kappa shape index (κ2) is 56.3. The molecule has 528 valence electrons. The van der Waals surface area contributed by atoms with Crippen molar-refractivity contribution >= 4 is 0 Å². The minimum Gasteiger partial charge on any atom is -0.0683 e. The lowest BCUT2D eigenvalue weighted by Crippen LogP contribution is -2.16. The van der Waals surface area contributed by atoms with E-state index in [-0.39, 0.29) is 0 Å². The summed E-state index contributed by atoms with van der Waals surface area (Å²) in [6.07, 6.45) is 43.7. The van der Waals surface area contributed by atoms with Crippen LogP contribution in [0.25, 0.3) is 0 Å². The van der Waals surface area contributed by atoms with Gasteiger partial charge in [0.1, 0.15) is 0 Å². The first-order valence-electron chi connectivity index (χ1n) is 40.9. The molecule has 0 nitrogen and oxygen atoms in total. The van der Waals surface area contributed by atoms with E-state index < -0.39 is 0 Å². The van der Waals surface area contributed by atoms with Crippen LogP contribution in [0.1, 0.15) is 406 Å². The molecule has 6 aromatic rings. The van der Waals surface area contributed by atoms with E-state index in [0.29, 0.717) is 0 Å². The molecule has 4 unspecified atom stereocenters. The second-order valence-corrected chi connectivity index (χ2v) is 25.7. The topological polar surface area (TPSA) is 0 Å². The lowest BCUT2D eigenvalue weighted by molar-refractivity contribution is 0.476. The number of benzene rings is 6. The molecule has 6 aromatic carbocycles. The van der Waals surface area contributed by atoms with Gasteiger partial charge in [-0.3, -0.25) is 0 Å². The molecule has 14 rings (SSSR count). The molecule has 8 aliphatic carbocycles. The standard InChI is InChI=1S/C13H16.2C12H14.2C12H16.C11H16.2C5H12.6C2H6/c1-4-10-6-2-8-12-9-3-7-11(5-1)13(10)12;2*1-3-9-4-2-6-11-8-7-10(5-1)12(9)11;2*1-2-10-7-5-8-11-6-3-4-9-12(10)11;1-3-10(4-2)11-8-6-5-7-9-11;2*1-3-5-4-2;6*1-2/h1,4-5,12H,2-3,6-9H2;2*1,3,5,11H,2,4,6-8H2;2*3-4,6,9-10H,2,5,7-8H2,1H3;5-10H,3-4H2,1-2H3;2*3-5H2,1-2H3;6*1-2H3. The van der Waals surface area contributed by atoms with E-state index in [9.17, 15) is 0 Å². The Kier molecular flexibility index (Phi) is 52.4. The van der Waals surface area contributed by atoms with Crippen LogP contribution in [-0.2, 0) is 51.4 Å². The number of hydrogen-bond donors (Lipinski definition) is 0. The smallest absolute Gasteiger partial charge is 0.0153 e. The largest absolute Gasteiger partial charge is 0.0683 e. The van der Waals surface area contributed by atoms with Crippen molar-refractivity contribution in [2.45, 2.75) is 379 Å². The van der Waals surface area contributed by atoms with Gasteiger partial charge in [0, 0.05) is 0 Å². The number of unbranched alkanes of at least 4 members (excludes halogenated alkanes) is 4. The monoisotopic (exact) mass is 1280 g/mol. The summed E-state index contributed by atoms with van der Waals surface area (Å²) in [5.74, 6) is 5.24. The SMILES string of the molecule is CC.CC.CC.CC.CC.CC.CCC(CC)c1ccccc1.CCC1CCCc2ccccc21.CCC1CCCc2ccccc21.CCCCC.CCCCC.c1cc2c3c(c1)CCC3CCC2.c1cc2c3c(c1)CCC3CCC2.c1cc2c3c(c1)CCCC3CCC2. The van der Waals surface area contributed by atoms with E-state index >= 15 is 0 Å².